The summed E-state index contributed by atoms with van der Waals surface area (Å²) in [4.78, 5) is 11.1. The van der Waals surface area contributed by atoms with Crippen molar-refractivity contribution in [3.8, 4) is 5.75 Å². The highest BCUT2D eigenvalue weighted by atomic mass is 32.2. The van der Waals surface area contributed by atoms with Crippen molar-refractivity contribution >= 4 is 21.7 Å². The van der Waals surface area contributed by atoms with Crippen LogP contribution in [0.2, 0.25) is 0 Å². The predicted octanol–water partition coefficient (Wildman–Crippen LogP) is 1.74. The van der Waals surface area contributed by atoms with Gasteiger partial charge in [0.2, 0.25) is 5.95 Å². The van der Waals surface area contributed by atoms with E-state index in [2.05, 4.69) is 14.7 Å². The molecule has 0 radical (unpaired) electrons. The molecule has 1 saturated heterocycles. The molecule has 9 heteroatoms. The van der Waals surface area contributed by atoms with Crippen LogP contribution in [-0.2, 0) is 14.8 Å². The zero-order valence-corrected chi connectivity index (χ0v) is 15.8. The Balaban J connectivity index is 1.86. The lowest BCUT2D eigenvalue weighted by Gasteiger charge is -2.27. The summed E-state index contributed by atoms with van der Waals surface area (Å²) in [6.45, 7) is 6.24. The number of hydrogen-bond donors (Lipinski definition) is 1. The highest BCUT2D eigenvalue weighted by Crippen LogP contribution is 2.25. The minimum atomic E-state index is -3.74. The average molecular weight is 378 g/mol. The first-order valence-corrected chi connectivity index (χ1v) is 9.74. The molecule has 0 unspecified atom stereocenters. The summed E-state index contributed by atoms with van der Waals surface area (Å²) in [6, 6.07) is 6.20. The summed E-state index contributed by atoms with van der Waals surface area (Å²) in [5, 5.41) is 0. The minimum Gasteiger partial charge on any atom is -0.497 e. The van der Waals surface area contributed by atoms with Gasteiger partial charge in [-0.1, -0.05) is 0 Å². The lowest BCUT2D eigenvalue weighted by molar-refractivity contribution is 0.122. The Bertz CT molecular complexity index is 855. The normalized spacial score (nSPS) is 15.0. The van der Waals surface area contributed by atoms with Gasteiger partial charge in [-0.05, 0) is 38.1 Å². The molecular weight excluding hydrogens is 356 g/mol. The van der Waals surface area contributed by atoms with E-state index in [0.29, 0.717) is 42.0 Å². The summed E-state index contributed by atoms with van der Waals surface area (Å²) in [6.07, 6.45) is 0. The van der Waals surface area contributed by atoms with Crippen molar-refractivity contribution < 1.29 is 17.9 Å². The molecule has 1 fully saturated rings. The van der Waals surface area contributed by atoms with E-state index < -0.39 is 10.0 Å². The molecule has 0 aliphatic carbocycles. The number of sulfonamides is 1. The molecule has 26 heavy (non-hydrogen) atoms. The number of benzene rings is 1. The molecule has 1 aromatic heterocycles. The Hall–Kier alpha value is -2.39. The van der Waals surface area contributed by atoms with E-state index in [0.717, 1.165) is 13.1 Å². The highest BCUT2D eigenvalue weighted by molar-refractivity contribution is 7.92. The molecule has 3 rings (SSSR count). The number of aromatic nitrogens is 2. The number of rotatable bonds is 5. The topological polar surface area (TPSA) is 93.7 Å². The molecule has 0 spiro atoms. The van der Waals surface area contributed by atoms with E-state index in [1.54, 1.807) is 26.0 Å². The lowest BCUT2D eigenvalue weighted by atomic mass is 10.3. The fourth-order valence-electron chi connectivity index (χ4n) is 2.70. The number of hydrogen-bond acceptors (Lipinski definition) is 7. The third-order valence-corrected chi connectivity index (χ3v) is 5.52. The number of morpholine rings is 1. The number of anilines is 2. The van der Waals surface area contributed by atoms with E-state index in [-0.39, 0.29) is 4.90 Å². The number of methoxy groups -OCH3 is 1. The van der Waals surface area contributed by atoms with E-state index in [1.807, 2.05) is 4.90 Å². The molecule has 0 saturated carbocycles. The van der Waals surface area contributed by atoms with Crippen molar-refractivity contribution in [2.45, 2.75) is 18.7 Å². The van der Waals surface area contributed by atoms with Gasteiger partial charge in [0.25, 0.3) is 10.0 Å². The largest absolute Gasteiger partial charge is 0.497 e. The van der Waals surface area contributed by atoms with Crippen molar-refractivity contribution in [3.05, 3.63) is 35.7 Å². The molecule has 1 aliphatic heterocycles. The van der Waals surface area contributed by atoms with Crippen LogP contribution in [0.1, 0.15) is 11.4 Å². The van der Waals surface area contributed by atoms with E-state index >= 15 is 0 Å². The summed E-state index contributed by atoms with van der Waals surface area (Å²) in [5.41, 5.74) is 1.56. The van der Waals surface area contributed by atoms with Crippen molar-refractivity contribution in [3.63, 3.8) is 0 Å². The molecule has 1 N–H and O–H groups in total. The molecule has 1 aliphatic rings. The Morgan fingerprint density at radius 3 is 2.19 bits per heavy atom. The molecule has 0 amide bonds. The molecule has 8 nitrogen and oxygen atoms in total. The van der Waals surface area contributed by atoms with Crippen LogP contribution in [0.5, 0.6) is 5.75 Å². The lowest BCUT2D eigenvalue weighted by Crippen LogP contribution is -2.37. The summed E-state index contributed by atoms with van der Waals surface area (Å²) < 4.78 is 38.3. The van der Waals surface area contributed by atoms with Crippen LogP contribution < -0.4 is 14.4 Å². The van der Waals surface area contributed by atoms with Crippen molar-refractivity contribution in [1.82, 2.24) is 9.97 Å². The summed E-state index contributed by atoms with van der Waals surface area (Å²) in [5.74, 6) is 1.19. The first-order valence-electron chi connectivity index (χ1n) is 8.25. The number of aryl methyl sites for hydroxylation is 2. The van der Waals surface area contributed by atoms with Crippen LogP contribution in [-0.4, -0.2) is 51.8 Å². The Kier molecular flexibility index (Phi) is 5.28. The van der Waals surface area contributed by atoms with E-state index in [4.69, 9.17) is 9.47 Å². The van der Waals surface area contributed by atoms with Gasteiger partial charge in [-0.2, -0.15) is 0 Å². The van der Waals surface area contributed by atoms with Crippen LogP contribution >= 0.6 is 0 Å². The quantitative estimate of drug-likeness (QED) is 0.847. The second-order valence-electron chi connectivity index (χ2n) is 5.95. The first-order chi connectivity index (χ1) is 12.4. The number of nitrogens with one attached hydrogen (secondary N) is 1. The standard InChI is InChI=1S/C17H22N4O4S/c1-12-16(13(2)19-17(18-12)21-8-10-25-11-9-21)20-26(22,23)15-6-4-14(24-3)5-7-15/h4-7,20H,8-11H2,1-3H3. The van der Waals surface area contributed by atoms with Crippen LogP contribution in [0.4, 0.5) is 11.6 Å². The van der Waals surface area contributed by atoms with E-state index in [1.165, 1.54) is 19.2 Å². The highest BCUT2D eigenvalue weighted by Gasteiger charge is 2.21. The zero-order valence-electron chi connectivity index (χ0n) is 15.0. The monoisotopic (exact) mass is 378 g/mol. The maximum atomic E-state index is 12.7. The third-order valence-electron chi connectivity index (χ3n) is 4.16. The second-order valence-corrected chi connectivity index (χ2v) is 7.63. The first kappa shape index (κ1) is 18.4. The molecule has 140 valence electrons. The van der Waals surface area contributed by atoms with Crippen LogP contribution in [0, 0.1) is 13.8 Å². The fraction of sp³-hybridized carbons (Fsp3) is 0.412. The van der Waals surface area contributed by atoms with Crippen LogP contribution in [0.15, 0.2) is 29.2 Å². The molecule has 2 heterocycles. The van der Waals surface area contributed by atoms with Gasteiger partial charge in [-0.25, -0.2) is 18.4 Å². The minimum absolute atomic E-state index is 0.148. The summed E-state index contributed by atoms with van der Waals surface area (Å²) in [7, 11) is -2.21. The maximum Gasteiger partial charge on any atom is 0.262 e. The SMILES string of the molecule is COc1ccc(S(=O)(=O)Nc2c(C)nc(N3CCOCC3)nc2C)cc1. The Labute approximate surface area is 153 Å². The van der Waals surface area contributed by atoms with Gasteiger partial charge < -0.3 is 14.4 Å². The zero-order chi connectivity index (χ0) is 18.7. The van der Waals surface area contributed by atoms with Crippen molar-refractivity contribution in [2.24, 2.45) is 0 Å². The molecule has 2 aromatic rings. The molecular formula is C17H22N4O4S. The van der Waals surface area contributed by atoms with Crippen molar-refractivity contribution in [2.75, 3.05) is 43.0 Å². The number of nitrogens with zero attached hydrogens (tertiary/aromatic N) is 3. The van der Waals surface area contributed by atoms with Gasteiger partial charge in [-0.3, -0.25) is 4.72 Å². The van der Waals surface area contributed by atoms with Gasteiger partial charge in [0.1, 0.15) is 5.75 Å². The predicted molar refractivity (Wildman–Crippen MR) is 98.3 cm³/mol. The average Bonchev–Trinajstić information content (AvgIpc) is 2.65. The van der Waals surface area contributed by atoms with Gasteiger partial charge in [0, 0.05) is 13.1 Å². The van der Waals surface area contributed by atoms with E-state index in [9.17, 15) is 8.42 Å². The van der Waals surface area contributed by atoms with Gasteiger partial charge in [0.05, 0.1) is 42.3 Å². The maximum absolute atomic E-state index is 12.7. The number of ether oxygens (including phenoxy) is 2. The Morgan fingerprint density at radius 2 is 1.65 bits per heavy atom. The van der Waals surface area contributed by atoms with Crippen molar-refractivity contribution in [1.29, 1.82) is 0 Å². The van der Waals surface area contributed by atoms with Crippen LogP contribution in [0.25, 0.3) is 0 Å². The second kappa shape index (κ2) is 7.46. The fourth-order valence-corrected chi connectivity index (χ4v) is 3.88. The molecule has 0 bridgehead atoms. The smallest absolute Gasteiger partial charge is 0.262 e. The Morgan fingerprint density at radius 1 is 1.08 bits per heavy atom. The van der Waals surface area contributed by atoms with Gasteiger partial charge in [0.15, 0.2) is 0 Å². The molecule has 1 aromatic carbocycles. The summed E-state index contributed by atoms with van der Waals surface area (Å²) >= 11 is 0. The van der Waals surface area contributed by atoms with Gasteiger partial charge >= 0.3 is 0 Å². The molecule has 0 atom stereocenters. The van der Waals surface area contributed by atoms with Gasteiger partial charge in [-0.15, -0.1) is 0 Å². The third kappa shape index (κ3) is 3.88. The van der Waals surface area contributed by atoms with Crippen LogP contribution in [0.3, 0.4) is 0 Å².